The molecule has 2 heterocycles. The van der Waals surface area contributed by atoms with Crippen LogP contribution in [0.2, 0.25) is 0 Å². The van der Waals surface area contributed by atoms with Crippen molar-refractivity contribution in [1.82, 2.24) is 9.97 Å². The first-order chi connectivity index (χ1) is 21.2. The standard InChI is InChI=1S/C22H22N.C20H18N.Ir/c1-22(2,3)20-11-7-10-19(16-20)21-15-18(12-13-23-21)14-17-8-5-4-6-9-17;1-20(2,17-10-4-3-5-11-17)18-12-8-9-16(15-18)19-13-6-7-14-21-19;/h4-9,11-13,15-16H,14H2,1-3H3;3-8,10-15H,1-2H3;/q2*-1;. The first-order valence-corrected chi connectivity index (χ1v) is 15.2. The number of pyridine rings is 2. The number of nitrogens with zero attached hydrogens (tertiary/aromatic N) is 2. The van der Waals surface area contributed by atoms with Crippen LogP contribution in [0.15, 0.2) is 140 Å². The Morgan fingerprint density at radius 3 is 1.73 bits per heavy atom. The molecule has 1 radical (unpaired) electrons. The Labute approximate surface area is 283 Å². The number of rotatable bonds is 6. The molecule has 2 nitrogen and oxygen atoms in total. The number of aromatic nitrogens is 2. The van der Waals surface area contributed by atoms with Gasteiger partial charge in [-0.2, -0.15) is 0 Å². The third-order valence-electron chi connectivity index (χ3n) is 7.98. The molecule has 2 aromatic heterocycles. The quantitative estimate of drug-likeness (QED) is 0.158. The van der Waals surface area contributed by atoms with Crippen LogP contribution in [0.5, 0.6) is 0 Å². The molecule has 45 heavy (non-hydrogen) atoms. The minimum atomic E-state index is -0.0418. The van der Waals surface area contributed by atoms with Crippen molar-refractivity contribution >= 4 is 0 Å². The predicted molar refractivity (Wildman–Crippen MR) is 184 cm³/mol. The third kappa shape index (κ3) is 8.94. The Morgan fingerprint density at radius 1 is 0.511 bits per heavy atom. The van der Waals surface area contributed by atoms with Crippen molar-refractivity contribution in [2.45, 2.75) is 51.9 Å². The van der Waals surface area contributed by atoms with E-state index in [2.05, 4.69) is 154 Å². The fourth-order valence-electron chi connectivity index (χ4n) is 5.19. The molecule has 0 unspecified atom stereocenters. The van der Waals surface area contributed by atoms with Crippen molar-refractivity contribution < 1.29 is 20.1 Å². The smallest absolute Gasteiger partial charge is 0.0163 e. The summed E-state index contributed by atoms with van der Waals surface area (Å²) in [6, 6.07) is 50.6. The van der Waals surface area contributed by atoms with Gasteiger partial charge in [0.2, 0.25) is 0 Å². The van der Waals surface area contributed by atoms with Crippen LogP contribution >= 0.6 is 0 Å². The van der Waals surface area contributed by atoms with Crippen molar-refractivity contribution in [1.29, 1.82) is 0 Å². The summed E-state index contributed by atoms with van der Waals surface area (Å²) in [6.45, 7) is 11.2. The number of benzene rings is 4. The summed E-state index contributed by atoms with van der Waals surface area (Å²) in [5.41, 5.74) is 10.6. The van der Waals surface area contributed by atoms with Crippen molar-refractivity contribution in [3.63, 3.8) is 0 Å². The molecule has 0 bridgehead atoms. The van der Waals surface area contributed by atoms with Crippen LogP contribution in [-0.4, -0.2) is 9.97 Å². The van der Waals surface area contributed by atoms with Crippen LogP contribution in [0.25, 0.3) is 22.5 Å². The largest absolute Gasteiger partial charge is 0.305 e. The minimum Gasteiger partial charge on any atom is -0.305 e. The molecule has 6 aromatic rings. The minimum absolute atomic E-state index is 0. The Bertz CT molecular complexity index is 1770. The summed E-state index contributed by atoms with van der Waals surface area (Å²) < 4.78 is 0. The molecule has 0 saturated heterocycles. The fraction of sp³-hybridized carbons (Fsp3) is 0.190. The van der Waals surface area contributed by atoms with E-state index in [1.165, 1.54) is 27.8 Å². The van der Waals surface area contributed by atoms with Gasteiger partial charge in [0, 0.05) is 32.5 Å². The zero-order valence-corrected chi connectivity index (χ0v) is 29.1. The zero-order valence-electron chi connectivity index (χ0n) is 26.7. The molecule has 0 amide bonds. The molecule has 0 saturated carbocycles. The average Bonchev–Trinajstić information content (AvgIpc) is 3.06. The zero-order chi connectivity index (χ0) is 31.0. The van der Waals surface area contributed by atoms with Gasteiger partial charge in [0.1, 0.15) is 0 Å². The maximum absolute atomic E-state index is 4.54. The fourth-order valence-corrected chi connectivity index (χ4v) is 5.19. The first-order valence-electron chi connectivity index (χ1n) is 15.2. The van der Waals surface area contributed by atoms with Crippen molar-refractivity contribution in [3.8, 4) is 22.5 Å². The number of hydrogen-bond donors (Lipinski definition) is 0. The molecule has 4 aromatic carbocycles. The van der Waals surface area contributed by atoms with E-state index in [4.69, 9.17) is 0 Å². The van der Waals surface area contributed by atoms with Crippen LogP contribution in [0.4, 0.5) is 0 Å². The summed E-state index contributed by atoms with van der Waals surface area (Å²) in [5, 5.41) is 0. The van der Waals surface area contributed by atoms with Gasteiger partial charge >= 0.3 is 0 Å². The normalized spacial score (nSPS) is 11.1. The molecular weight excluding hydrogens is 725 g/mol. The Kier molecular flexibility index (Phi) is 11.4. The van der Waals surface area contributed by atoms with Crippen LogP contribution in [0.1, 0.15) is 62.4 Å². The van der Waals surface area contributed by atoms with E-state index in [0.717, 1.165) is 28.9 Å². The summed E-state index contributed by atoms with van der Waals surface area (Å²) >= 11 is 0. The van der Waals surface area contributed by atoms with Gasteiger partial charge in [0.25, 0.3) is 0 Å². The van der Waals surface area contributed by atoms with Crippen molar-refractivity contribution in [2.75, 3.05) is 0 Å². The Morgan fingerprint density at radius 2 is 1.09 bits per heavy atom. The molecule has 0 aliphatic rings. The van der Waals surface area contributed by atoms with Gasteiger partial charge < -0.3 is 9.97 Å². The van der Waals surface area contributed by atoms with Gasteiger partial charge in [0.05, 0.1) is 0 Å². The van der Waals surface area contributed by atoms with Gasteiger partial charge in [-0.25, -0.2) is 0 Å². The maximum atomic E-state index is 4.54. The van der Waals surface area contributed by atoms with Crippen LogP contribution in [0.3, 0.4) is 0 Å². The molecule has 0 atom stereocenters. The maximum Gasteiger partial charge on any atom is 0.0163 e. The van der Waals surface area contributed by atoms with Crippen molar-refractivity contribution in [3.05, 3.63) is 180 Å². The van der Waals surface area contributed by atoms with Gasteiger partial charge in [-0.1, -0.05) is 113 Å². The molecule has 0 N–H and O–H groups in total. The van der Waals surface area contributed by atoms with E-state index in [0.29, 0.717) is 0 Å². The molecule has 0 aliphatic heterocycles. The van der Waals surface area contributed by atoms with Crippen molar-refractivity contribution in [2.24, 2.45) is 0 Å². The summed E-state index contributed by atoms with van der Waals surface area (Å²) in [6.07, 6.45) is 4.64. The van der Waals surface area contributed by atoms with E-state index >= 15 is 0 Å². The van der Waals surface area contributed by atoms with E-state index in [1.807, 2.05) is 42.7 Å². The van der Waals surface area contributed by atoms with Gasteiger partial charge in [-0.15, -0.1) is 70.8 Å². The van der Waals surface area contributed by atoms with E-state index in [-0.39, 0.29) is 30.9 Å². The van der Waals surface area contributed by atoms with Gasteiger partial charge in [-0.05, 0) is 57.5 Å². The van der Waals surface area contributed by atoms with E-state index < -0.39 is 0 Å². The second kappa shape index (κ2) is 15.2. The summed E-state index contributed by atoms with van der Waals surface area (Å²) in [4.78, 5) is 8.96. The molecule has 0 aliphatic carbocycles. The topological polar surface area (TPSA) is 25.8 Å². The van der Waals surface area contributed by atoms with Gasteiger partial charge in [-0.3, -0.25) is 0 Å². The van der Waals surface area contributed by atoms with Crippen LogP contribution in [-0.2, 0) is 37.4 Å². The molecule has 229 valence electrons. The Hall–Kier alpha value is -4.17. The molecule has 0 fully saturated rings. The first kappa shape index (κ1) is 33.7. The summed E-state index contributed by atoms with van der Waals surface area (Å²) in [5.74, 6) is 0. The van der Waals surface area contributed by atoms with Gasteiger partial charge in [0.15, 0.2) is 0 Å². The second-order valence-corrected chi connectivity index (χ2v) is 12.6. The van der Waals surface area contributed by atoms with Crippen LogP contribution in [0, 0.1) is 12.1 Å². The number of hydrogen-bond acceptors (Lipinski definition) is 2. The summed E-state index contributed by atoms with van der Waals surface area (Å²) in [7, 11) is 0. The monoisotopic (exact) mass is 765 g/mol. The molecule has 3 heteroatoms. The predicted octanol–water partition coefficient (Wildman–Crippen LogP) is 10.3. The van der Waals surface area contributed by atoms with Crippen LogP contribution < -0.4 is 0 Å². The Balaban J connectivity index is 0.000000201. The second-order valence-electron chi connectivity index (χ2n) is 12.6. The molecular formula is C42H40IrN2-2. The third-order valence-corrected chi connectivity index (χ3v) is 7.98. The molecule has 6 rings (SSSR count). The molecule has 0 spiro atoms. The van der Waals surface area contributed by atoms with E-state index in [1.54, 1.807) is 0 Å². The average molecular weight is 765 g/mol. The van der Waals surface area contributed by atoms with E-state index in [9.17, 15) is 0 Å². The SMILES string of the molecule is CC(C)(C)c1cc[c-]c(-c2cc(Cc3ccccc3)ccn2)c1.CC(C)(c1ccccc1)c1cc[c-]c(-c2ccccn2)c1.[Ir].